The van der Waals surface area contributed by atoms with Crippen LogP contribution in [0.4, 0.5) is 0 Å². The molecule has 0 aliphatic heterocycles. The Bertz CT molecular complexity index is 326. The zero-order valence-electron chi connectivity index (χ0n) is 14.7. The van der Waals surface area contributed by atoms with Gasteiger partial charge in [-0.05, 0) is 38.0 Å². The highest BCUT2D eigenvalue weighted by Crippen LogP contribution is 2.34. The molecule has 0 saturated carbocycles. The zero-order valence-corrected chi connectivity index (χ0v) is 16.2. The minimum absolute atomic E-state index is 0.589. The van der Waals surface area contributed by atoms with E-state index >= 15 is 0 Å². The van der Waals surface area contributed by atoms with E-state index in [1.165, 1.54) is 0 Å². The number of halogens is 2. The maximum absolute atomic E-state index is 6.00. The summed E-state index contributed by atoms with van der Waals surface area (Å²) in [6.07, 6.45) is 3.86. The van der Waals surface area contributed by atoms with Crippen LogP contribution in [0.5, 0.6) is 5.75 Å². The van der Waals surface area contributed by atoms with Crippen molar-refractivity contribution in [3.05, 3.63) is 40.4 Å². The van der Waals surface area contributed by atoms with Gasteiger partial charge in [-0.25, -0.2) is 0 Å². The van der Waals surface area contributed by atoms with Crippen LogP contribution in [0, 0.1) is 6.92 Å². The third-order valence-corrected chi connectivity index (χ3v) is 2.45. The van der Waals surface area contributed by atoms with Gasteiger partial charge in [0.05, 0.1) is 16.7 Å². The number of allylic oxidation sites excluding steroid dienone is 1. The summed E-state index contributed by atoms with van der Waals surface area (Å²) >= 11 is 12.0. The highest BCUT2D eigenvalue weighted by Gasteiger charge is 2.07. The lowest BCUT2D eigenvalue weighted by Crippen LogP contribution is -1.97. The normalized spacial score (nSPS) is 8.05. The van der Waals surface area contributed by atoms with E-state index < -0.39 is 0 Å². The Balaban J connectivity index is -0.000000399. The van der Waals surface area contributed by atoms with Gasteiger partial charge in [-0.15, -0.1) is 6.58 Å². The van der Waals surface area contributed by atoms with Crippen LogP contribution in [0.1, 0.15) is 59.9 Å². The number of unbranched alkanes of at least 4 members (excludes halogenated alkanes) is 1. The topological polar surface area (TPSA) is 9.23 Å². The second kappa shape index (κ2) is 19.3. The molecule has 0 saturated heterocycles. The number of ether oxygens (including phenoxy) is 1. The van der Waals surface area contributed by atoms with Crippen LogP contribution < -0.4 is 4.74 Å². The number of hydrogen-bond donors (Lipinski definition) is 0. The maximum atomic E-state index is 6.00. The monoisotopic (exact) mass is 334 g/mol. The molecule has 1 aromatic carbocycles. The van der Waals surface area contributed by atoms with E-state index in [0.29, 0.717) is 22.4 Å². The average Bonchev–Trinajstić information content (AvgIpc) is 2.47. The van der Waals surface area contributed by atoms with Gasteiger partial charge in [0, 0.05) is 0 Å². The van der Waals surface area contributed by atoms with Gasteiger partial charge in [0.1, 0.15) is 0 Å². The fourth-order valence-corrected chi connectivity index (χ4v) is 1.85. The second-order valence-corrected chi connectivity index (χ2v) is 4.48. The summed E-state index contributed by atoms with van der Waals surface area (Å²) in [5.74, 6) is 0.604. The molecular weight excluding hydrogens is 303 g/mol. The van der Waals surface area contributed by atoms with E-state index in [1.54, 1.807) is 6.08 Å². The third kappa shape index (κ3) is 14.1. The van der Waals surface area contributed by atoms with Crippen molar-refractivity contribution in [3.63, 3.8) is 0 Å². The van der Waals surface area contributed by atoms with Crippen molar-refractivity contribution >= 4 is 23.2 Å². The second-order valence-electron chi connectivity index (χ2n) is 3.67. The van der Waals surface area contributed by atoms with E-state index in [4.69, 9.17) is 27.9 Å². The van der Waals surface area contributed by atoms with Crippen molar-refractivity contribution in [2.75, 3.05) is 6.61 Å². The molecule has 0 N–H and O–H groups in total. The Morgan fingerprint density at radius 2 is 1.48 bits per heavy atom. The Morgan fingerprint density at radius 3 is 1.81 bits per heavy atom. The van der Waals surface area contributed by atoms with Gasteiger partial charge < -0.3 is 4.74 Å². The van der Waals surface area contributed by atoms with Gasteiger partial charge in [-0.3, -0.25) is 0 Å². The molecule has 0 unspecified atom stereocenters. The smallest absolute Gasteiger partial charge is 0.156 e. The van der Waals surface area contributed by atoms with Gasteiger partial charge >= 0.3 is 0 Å². The minimum Gasteiger partial charge on any atom is -0.490 e. The summed E-state index contributed by atoms with van der Waals surface area (Å²) in [7, 11) is 0. The van der Waals surface area contributed by atoms with Gasteiger partial charge in [-0.2, -0.15) is 0 Å². The predicted octanol–water partition coefficient (Wildman–Crippen LogP) is 7.73. The molecule has 0 aromatic heterocycles. The van der Waals surface area contributed by atoms with Crippen molar-refractivity contribution < 1.29 is 4.74 Å². The van der Waals surface area contributed by atoms with Gasteiger partial charge in [0.25, 0.3) is 0 Å². The fourth-order valence-electron chi connectivity index (χ4n) is 1.14. The van der Waals surface area contributed by atoms with Crippen molar-refractivity contribution in [2.45, 2.75) is 61.3 Å². The number of aryl methyl sites for hydroxylation is 1. The van der Waals surface area contributed by atoms with Crippen LogP contribution in [-0.4, -0.2) is 6.61 Å². The summed E-state index contributed by atoms with van der Waals surface area (Å²) in [5.41, 5.74) is 1.04. The molecule has 21 heavy (non-hydrogen) atoms. The van der Waals surface area contributed by atoms with Crippen molar-refractivity contribution in [3.8, 4) is 5.75 Å². The molecule has 0 bridgehead atoms. The summed E-state index contributed by atoms with van der Waals surface area (Å²) in [6.45, 7) is 18.0. The SMILES string of the molecule is C=CC.CC.CC.CCCCOc1c(Cl)cc(C)cc1Cl. The Morgan fingerprint density at radius 1 is 1.10 bits per heavy atom. The highest BCUT2D eigenvalue weighted by atomic mass is 35.5. The molecule has 1 rings (SSSR count). The Labute approximate surface area is 142 Å². The van der Waals surface area contributed by atoms with E-state index in [-0.39, 0.29) is 0 Å². The van der Waals surface area contributed by atoms with E-state index in [2.05, 4.69) is 13.5 Å². The molecule has 0 fully saturated rings. The van der Waals surface area contributed by atoms with Crippen LogP contribution in [-0.2, 0) is 0 Å². The first-order chi connectivity index (χ1) is 10.1. The highest BCUT2D eigenvalue weighted by molar-refractivity contribution is 6.37. The van der Waals surface area contributed by atoms with Crippen molar-refractivity contribution in [1.29, 1.82) is 0 Å². The number of hydrogen-bond acceptors (Lipinski definition) is 1. The van der Waals surface area contributed by atoms with Crippen LogP contribution in [0.15, 0.2) is 24.8 Å². The first kappa shape index (κ1) is 25.3. The van der Waals surface area contributed by atoms with Crippen molar-refractivity contribution in [2.24, 2.45) is 0 Å². The standard InChI is InChI=1S/C11H14Cl2O.C3H6.2C2H6/c1-3-4-5-14-11-9(12)6-8(2)7-10(11)13;1-3-2;2*1-2/h6-7H,3-5H2,1-2H3;3H,1H2,2H3;2*1-2H3. The number of rotatable bonds is 4. The van der Waals surface area contributed by atoms with E-state index in [0.717, 1.165) is 18.4 Å². The molecule has 1 nitrogen and oxygen atoms in total. The quantitative estimate of drug-likeness (QED) is 0.404. The molecule has 0 amide bonds. The van der Waals surface area contributed by atoms with Gasteiger partial charge in [0.15, 0.2) is 5.75 Å². The first-order valence-corrected chi connectivity index (χ1v) is 8.47. The molecular formula is C18H32Cl2O. The van der Waals surface area contributed by atoms with Crippen LogP contribution >= 0.6 is 23.2 Å². The predicted molar refractivity (Wildman–Crippen MR) is 100 cm³/mol. The summed E-state index contributed by atoms with van der Waals surface area (Å²) in [5, 5.41) is 1.18. The van der Waals surface area contributed by atoms with Gasteiger partial charge in [0.2, 0.25) is 0 Å². The lowest BCUT2D eigenvalue weighted by Gasteiger charge is -2.09. The molecule has 0 radical (unpaired) electrons. The number of benzene rings is 1. The van der Waals surface area contributed by atoms with Crippen LogP contribution in [0.3, 0.4) is 0 Å². The minimum atomic E-state index is 0.589. The fraction of sp³-hybridized carbons (Fsp3) is 0.556. The molecule has 0 spiro atoms. The summed E-state index contributed by atoms with van der Waals surface area (Å²) < 4.78 is 5.50. The zero-order chi connectivity index (χ0) is 17.3. The van der Waals surface area contributed by atoms with E-state index in [1.807, 2.05) is 53.7 Å². The Kier molecular flexibility index (Phi) is 23.3. The lowest BCUT2D eigenvalue weighted by atomic mass is 10.2. The first-order valence-electron chi connectivity index (χ1n) is 7.72. The largest absolute Gasteiger partial charge is 0.490 e. The molecule has 3 heteroatoms. The van der Waals surface area contributed by atoms with E-state index in [9.17, 15) is 0 Å². The summed E-state index contributed by atoms with van der Waals surface area (Å²) in [6, 6.07) is 3.71. The molecule has 0 aliphatic rings. The average molecular weight is 335 g/mol. The molecule has 0 atom stereocenters. The third-order valence-electron chi connectivity index (χ3n) is 1.89. The lowest BCUT2D eigenvalue weighted by molar-refractivity contribution is 0.309. The molecule has 1 aromatic rings. The maximum Gasteiger partial charge on any atom is 0.156 e. The molecule has 0 aliphatic carbocycles. The molecule has 0 heterocycles. The molecule has 124 valence electrons. The van der Waals surface area contributed by atoms with Gasteiger partial charge in [-0.1, -0.05) is 70.3 Å². The van der Waals surface area contributed by atoms with Crippen LogP contribution in [0.2, 0.25) is 10.0 Å². The van der Waals surface area contributed by atoms with Crippen LogP contribution in [0.25, 0.3) is 0 Å². The Hall–Kier alpha value is -0.660. The van der Waals surface area contributed by atoms with Crippen molar-refractivity contribution in [1.82, 2.24) is 0 Å². The summed E-state index contributed by atoms with van der Waals surface area (Å²) in [4.78, 5) is 0.